The normalized spacial score (nSPS) is 12.4. The van der Waals surface area contributed by atoms with Crippen LogP contribution in [0.25, 0.3) is 86.2 Å². The molecule has 1 aromatic heterocycles. The number of thiophene rings is 1. The van der Waals surface area contributed by atoms with Gasteiger partial charge < -0.3 is 4.90 Å². The Bertz CT molecular complexity index is 3490. The lowest BCUT2D eigenvalue weighted by Crippen LogP contribution is -2.09. The molecule has 1 heterocycles. The van der Waals surface area contributed by atoms with E-state index in [-0.39, 0.29) is 35.4 Å². The summed E-state index contributed by atoms with van der Waals surface area (Å²) >= 11 is 1.79. The van der Waals surface area contributed by atoms with Gasteiger partial charge >= 0.3 is 0 Å². The number of fused-ring (bicyclic) bond motifs is 5. The highest BCUT2D eigenvalue weighted by Crippen LogP contribution is 2.42. The van der Waals surface area contributed by atoms with Crippen LogP contribution >= 0.6 is 11.3 Å². The van der Waals surface area contributed by atoms with Crippen LogP contribution in [-0.4, -0.2) is 0 Å². The van der Waals surface area contributed by atoms with E-state index < -0.39 is 0 Å². The number of hydrogen-bond acceptors (Lipinski definition) is 2. The molecule has 10 aromatic carbocycles. The minimum absolute atomic E-state index is 0.0953. The molecule has 272 valence electrons. The van der Waals surface area contributed by atoms with Crippen LogP contribution in [0.3, 0.4) is 0 Å². The van der Waals surface area contributed by atoms with E-state index in [1.165, 1.54) is 20.2 Å². The van der Waals surface area contributed by atoms with Crippen molar-refractivity contribution in [1.29, 1.82) is 0 Å². The van der Waals surface area contributed by atoms with Crippen molar-refractivity contribution in [3.8, 4) is 44.5 Å². The van der Waals surface area contributed by atoms with E-state index >= 15 is 0 Å². The fourth-order valence-electron chi connectivity index (χ4n) is 8.22. The van der Waals surface area contributed by atoms with Crippen LogP contribution in [0.2, 0.25) is 0 Å². The lowest BCUT2D eigenvalue weighted by atomic mass is 9.97. The molecule has 0 fully saturated rings. The first-order chi connectivity index (χ1) is 30.4. The van der Waals surface area contributed by atoms with Gasteiger partial charge in [0.25, 0.3) is 0 Å². The largest absolute Gasteiger partial charge is 0.311 e. The number of nitrogens with zero attached hydrogens (tertiary/aromatic N) is 1. The molecule has 0 aliphatic rings. The zero-order chi connectivity index (χ0) is 41.9. The first kappa shape index (κ1) is 30.0. The highest BCUT2D eigenvalue weighted by Gasteiger charge is 2.16. The Morgan fingerprint density at radius 2 is 0.862 bits per heavy atom. The van der Waals surface area contributed by atoms with Gasteiger partial charge in [0.2, 0.25) is 0 Å². The van der Waals surface area contributed by atoms with Crippen molar-refractivity contribution in [3.05, 3.63) is 224 Å². The zero-order valence-electron chi connectivity index (χ0n) is 35.4. The molecular formula is C56H37NS. The van der Waals surface area contributed by atoms with Gasteiger partial charge in [-0.1, -0.05) is 170 Å². The highest BCUT2D eigenvalue weighted by atomic mass is 32.1. The molecule has 0 bridgehead atoms. The number of anilines is 3. The Morgan fingerprint density at radius 1 is 0.328 bits per heavy atom. The minimum atomic E-state index is -0.116. The molecule has 11 aromatic rings. The maximum absolute atomic E-state index is 9.62. The second-order valence-corrected chi connectivity index (χ2v) is 15.7. The van der Waals surface area contributed by atoms with Crippen LogP contribution in [0.4, 0.5) is 17.1 Å². The van der Waals surface area contributed by atoms with E-state index in [1.807, 2.05) is 71.6 Å². The highest BCUT2D eigenvalue weighted by molar-refractivity contribution is 7.26. The van der Waals surface area contributed by atoms with Crippen molar-refractivity contribution in [2.24, 2.45) is 0 Å². The quantitative estimate of drug-likeness (QED) is 0.156. The Kier molecular flexibility index (Phi) is 7.41. The summed E-state index contributed by atoms with van der Waals surface area (Å²) in [4.78, 5) is 1.87. The Balaban J connectivity index is 1.04. The summed E-state index contributed by atoms with van der Waals surface area (Å²) in [6, 6.07) is 67.9. The van der Waals surface area contributed by atoms with Crippen LogP contribution in [0.1, 0.15) is 5.48 Å². The summed E-state index contributed by atoms with van der Waals surface area (Å²) in [5, 5.41) is 7.07. The third kappa shape index (κ3) is 6.12. The lowest BCUT2D eigenvalue weighted by molar-refractivity contribution is 1.28. The molecule has 0 spiro atoms. The van der Waals surface area contributed by atoms with Gasteiger partial charge in [-0.15, -0.1) is 11.3 Å². The first-order valence-electron chi connectivity index (χ1n) is 21.5. The Labute approximate surface area is 348 Å². The lowest BCUT2D eigenvalue weighted by Gasteiger charge is -2.26. The molecule has 0 radical (unpaired) electrons. The molecule has 0 amide bonds. The van der Waals surface area contributed by atoms with Gasteiger partial charge in [-0.2, -0.15) is 0 Å². The zero-order valence-corrected chi connectivity index (χ0v) is 32.2. The molecule has 1 nitrogen and oxygen atoms in total. The summed E-state index contributed by atoms with van der Waals surface area (Å²) in [6.07, 6.45) is 0. The third-order valence-corrected chi connectivity index (χ3v) is 12.4. The second kappa shape index (κ2) is 14.4. The first-order valence-corrected chi connectivity index (χ1v) is 20.3. The van der Waals surface area contributed by atoms with Gasteiger partial charge in [0.1, 0.15) is 0 Å². The maximum atomic E-state index is 9.62. The molecule has 11 rings (SSSR count). The van der Waals surface area contributed by atoms with Crippen molar-refractivity contribution in [3.63, 3.8) is 0 Å². The monoisotopic (exact) mass is 759 g/mol. The summed E-state index contributed by atoms with van der Waals surface area (Å²) in [6.45, 7) is 0. The van der Waals surface area contributed by atoms with E-state index in [0.717, 1.165) is 66.3 Å². The van der Waals surface area contributed by atoms with Crippen molar-refractivity contribution in [2.45, 2.75) is 0 Å². The molecular weight excluding hydrogens is 719 g/mol. The second-order valence-electron chi connectivity index (χ2n) is 14.6. The number of rotatable bonds is 7. The topological polar surface area (TPSA) is 3.24 Å². The summed E-state index contributed by atoms with van der Waals surface area (Å²) in [7, 11) is 0. The average Bonchev–Trinajstić information content (AvgIpc) is 3.71. The van der Waals surface area contributed by atoms with Gasteiger partial charge in [0, 0.05) is 37.2 Å². The van der Waals surface area contributed by atoms with E-state index in [4.69, 9.17) is 0 Å². The van der Waals surface area contributed by atoms with E-state index in [9.17, 15) is 5.48 Å². The molecule has 0 saturated heterocycles. The van der Waals surface area contributed by atoms with Crippen LogP contribution in [0.15, 0.2) is 224 Å². The Hall–Kier alpha value is -7.26. The van der Waals surface area contributed by atoms with Crippen LogP contribution in [0, 0.1) is 0 Å². The van der Waals surface area contributed by atoms with Crippen molar-refractivity contribution in [1.82, 2.24) is 0 Å². The fraction of sp³-hybridized carbons (Fsp3) is 0. The van der Waals surface area contributed by atoms with Crippen LogP contribution in [-0.2, 0) is 0 Å². The standard InChI is InChI=1S/C56H37NS/c1-2-12-43-37-46(23-22-38(43)10-1)45-15-7-14-44(36-45)39-24-30-47(31-25-39)57(48-32-26-41(27-33-48)51-18-8-13-40-11-3-4-16-50(40)51)49-34-28-42(29-35-49)52-19-9-20-54-53-17-5-6-21-55(53)58-56(52)54/h1-37H/i24D,25D,30D,31D. The van der Waals surface area contributed by atoms with Crippen molar-refractivity contribution in [2.75, 3.05) is 4.90 Å². The molecule has 0 aliphatic carbocycles. The molecule has 0 atom stereocenters. The van der Waals surface area contributed by atoms with Crippen molar-refractivity contribution < 1.29 is 5.48 Å². The summed E-state index contributed by atoms with van der Waals surface area (Å²) in [5.74, 6) is 0. The molecule has 0 unspecified atom stereocenters. The third-order valence-electron chi connectivity index (χ3n) is 11.1. The van der Waals surface area contributed by atoms with Gasteiger partial charge in [0.15, 0.2) is 0 Å². The summed E-state index contributed by atoms with van der Waals surface area (Å²) in [5.41, 5.74) is 8.83. The molecule has 0 aliphatic heterocycles. The SMILES string of the molecule is [2H]c1c([2H])c(N(c2ccc(-c3cccc4ccccc34)cc2)c2ccc(-c3cccc4c3sc3ccccc34)cc2)c([2H])c([2H])c1-c1cccc(-c2ccc3ccccc3c2)c1. The minimum Gasteiger partial charge on any atom is -0.311 e. The van der Waals surface area contributed by atoms with E-state index in [1.54, 1.807) is 11.3 Å². The van der Waals surface area contributed by atoms with E-state index in [0.29, 0.717) is 5.56 Å². The molecule has 0 saturated carbocycles. The van der Waals surface area contributed by atoms with Crippen LogP contribution in [0.5, 0.6) is 0 Å². The van der Waals surface area contributed by atoms with Gasteiger partial charge in [-0.25, -0.2) is 0 Å². The van der Waals surface area contributed by atoms with Gasteiger partial charge in [-0.3, -0.25) is 0 Å². The fourth-order valence-corrected chi connectivity index (χ4v) is 9.46. The molecule has 0 N–H and O–H groups in total. The molecule has 2 heteroatoms. The maximum Gasteiger partial charge on any atom is 0.0645 e. The van der Waals surface area contributed by atoms with E-state index in [2.05, 4.69) is 133 Å². The smallest absolute Gasteiger partial charge is 0.0645 e. The molecule has 58 heavy (non-hydrogen) atoms. The van der Waals surface area contributed by atoms with Crippen LogP contribution < -0.4 is 4.90 Å². The predicted octanol–water partition coefficient (Wildman–Crippen LogP) is 16.5. The summed E-state index contributed by atoms with van der Waals surface area (Å²) < 4.78 is 40.7. The van der Waals surface area contributed by atoms with Gasteiger partial charge in [-0.05, 0) is 121 Å². The van der Waals surface area contributed by atoms with Gasteiger partial charge in [0.05, 0.1) is 5.48 Å². The van der Waals surface area contributed by atoms with Crippen molar-refractivity contribution >= 4 is 70.1 Å². The predicted molar refractivity (Wildman–Crippen MR) is 251 cm³/mol. The number of benzene rings is 10. The average molecular weight is 760 g/mol. The number of hydrogen-bond donors (Lipinski definition) is 0. The Morgan fingerprint density at radius 3 is 1.64 bits per heavy atom.